The predicted octanol–water partition coefficient (Wildman–Crippen LogP) is 2.70. The number of carbonyl (C=O) groups excluding carboxylic acids is 1. The molecular formula is C10H20ClNO. The molecule has 78 valence electrons. The molecule has 1 unspecified atom stereocenters. The van der Waals surface area contributed by atoms with E-state index in [0.29, 0.717) is 6.54 Å². The van der Waals surface area contributed by atoms with Gasteiger partial charge in [-0.25, -0.2) is 0 Å². The van der Waals surface area contributed by atoms with Crippen LogP contribution in [0.5, 0.6) is 0 Å². The molecule has 0 spiro atoms. The van der Waals surface area contributed by atoms with E-state index in [1.807, 2.05) is 0 Å². The first-order valence-electron chi connectivity index (χ1n) is 5.05. The largest absolute Gasteiger partial charge is 0.355 e. The van der Waals surface area contributed by atoms with E-state index < -0.39 is 0 Å². The highest BCUT2D eigenvalue weighted by Gasteiger charge is 2.03. The molecule has 0 aromatic heterocycles. The molecule has 2 nitrogen and oxygen atoms in total. The Kier molecular flexibility index (Phi) is 8.21. The zero-order chi connectivity index (χ0) is 10.1. The first-order valence-corrected chi connectivity index (χ1v) is 5.49. The Morgan fingerprint density at radius 3 is 2.62 bits per heavy atom. The second-order valence-corrected chi connectivity index (χ2v) is 4.00. The van der Waals surface area contributed by atoms with Crippen LogP contribution in [0, 0.1) is 0 Å². The van der Waals surface area contributed by atoms with Gasteiger partial charge in [0.2, 0.25) is 5.91 Å². The van der Waals surface area contributed by atoms with Crippen molar-refractivity contribution in [1.29, 1.82) is 0 Å². The van der Waals surface area contributed by atoms with Crippen LogP contribution < -0.4 is 5.32 Å². The van der Waals surface area contributed by atoms with E-state index in [1.165, 1.54) is 32.6 Å². The Morgan fingerprint density at radius 2 is 2.08 bits per heavy atom. The first kappa shape index (κ1) is 12.8. The Bertz CT molecular complexity index is 139. The van der Waals surface area contributed by atoms with Gasteiger partial charge in [0.25, 0.3) is 0 Å². The van der Waals surface area contributed by atoms with E-state index in [4.69, 9.17) is 11.6 Å². The topological polar surface area (TPSA) is 29.1 Å². The molecule has 1 amide bonds. The molecule has 13 heavy (non-hydrogen) atoms. The number of nitrogens with one attached hydrogen (secondary N) is 1. The number of rotatable bonds is 7. The average molecular weight is 206 g/mol. The summed E-state index contributed by atoms with van der Waals surface area (Å²) in [6.07, 6.45) is 5.95. The summed E-state index contributed by atoms with van der Waals surface area (Å²) in [5, 5.41) is 2.81. The maximum absolute atomic E-state index is 10.6. The lowest BCUT2D eigenvalue weighted by atomic mass is 10.1. The molecule has 0 saturated carbocycles. The Balaban J connectivity index is 3.19. The van der Waals surface area contributed by atoms with E-state index in [2.05, 4.69) is 12.2 Å². The third-order valence-corrected chi connectivity index (χ3v) is 2.32. The summed E-state index contributed by atoms with van der Waals surface area (Å²) in [6.45, 7) is 4.30. The zero-order valence-corrected chi connectivity index (χ0v) is 9.36. The van der Waals surface area contributed by atoms with Gasteiger partial charge >= 0.3 is 0 Å². The zero-order valence-electron chi connectivity index (χ0n) is 8.61. The highest BCUT2D eigenvalue weighted by Crippen LogP contribution is 2.09. The third-order valence-electron chi connectivity index (χ3n) is 1.94. The van der Waals surface area contributed by atoms with Gasteiger partial charge < -0.3 is 5.32 Å². The molecule has 0 aliphatic rings. The number of hydrogen-bond acceptors (Lipinski definition) is 1. The van der Waals surface area contributed by atoms with Crippen LogP contribution in [0.1, 0.15) is 46.0 Å². The van der Waals surface area contributed by atoms with Gasteiger partial charge in [-0.15, -0.1) is 11.6 Å². The molecule has 1 atom stereocenters. The van der Waals surface area contributed by atoms with Crippen molar-refractivity contribution in [2.24, 2.45) is 0 Å². The fourth-order valence-corrected chi connectivity index (χ4v) is 1.38. The lowest BCUT2D eigenvalue weighted by molar-refractivity contribution is -0.118. The second-order valence-electron chi connectivity index (χ2n) is 3.38. The van der Waals surface area contributed by atoms with Crippen LogP contribution >= 0.6 is 11.6 Å². The SMILES string of the molecule is CCCCCCC(Cl)CNC(C)=O. The van der Waals surface area contributed by atoms with Crippen LogP contribution in [0.25, 0.3) is 0 Å². The molecule has 0 rings (SSSR count). The summed E-state index contributed by atoms with van der Waals surface area (Å²) >= 11 is 5.99. The number of unbranched alkanes of at least 4 members (excludes halogenated alkanes) is 3. The van der Waals surface area contributed by atoms with Crippen molar-refractivity contribution in [3.05, 3.63) is 0 Å². The average Bonchev–Trinajstić information content (AvgIpc) is 2.09. The molecular weight excluding hydrogens is 186 g/mol. The summed E-state index contributed by atoms with van der Waals surface area (Å²) in [7, 11) is 0. The van der Waals surface area contributed by atoms with Crippen LogP contribution in [-0.2, 0) is 4.79 Å². The van der Waals surface area contributed by atoms with Crippen LogP contribution in [0.4, 0.5) is 0 Å². The minimum absolute atomic E-state index is 0.000733. The van der Waals surface area contributed by atoms with Crippen LogP contribution in [-0.4, -0.2) is 17.8 Å². The van der Waals surface area contributed by atoms with Crippen molar-refractivity contribution < 1.29 is 4.79 Å². The van der Waals surface area contributed by atoms with Gasteiger partial charge in [-0.2, -0.15) is 0 Å². The van der Waals surface area contributed by atoms with Crippen LogP contribution in [0.15, 0.2) is 0 Å². The molecule has 0 aromatic carbocycles. The molecule has 3 heteroatoms. The predicted molar refractivity (Wildman–Crippen MR) is 57.1 cm³/mol. The van der Waals surface area contributed by atoms with Crippen LogP contribution in [0.3, 0.4) is 0 Å². The molecule has 0 bridgehead atoms. The van der Waals surface area contributed by atoms with E-state index in [1.54, 1.807) is 0 Å². The van der Waals surface area contributed by atoms with Crippen molar-refractivity contribution in [1.82, 2.24) is 5.32 Å². The number of carbonyl (C=O) groups is 1. The number of hydrogen-bond donors (Lipinski definition) is 1. The van der Waals surface area contributed by atoms with E-state index in [0.717, 1.165) is 6.42 Å². The normalized spacial score (nSPS) is 12.5. The fourth-order valence-electron chi connectivity index (χ4n) is 1.15. The summed E-state index contributed by atoms with van der Waals surface area (Å²) in [6, 6.07) is 0. The van der Waals surface area contributed by atoms with Gasteiger partial charge in [0.05, 0.1) is 5.38 Å². The Hall–Kier alpha value is -0.240. The summed E-state index contributed by atoms with van der Waals surface area (Å²) in [5.74, 6) is -0.000733. The van der Waals surface area contributed by atoms with Gasteiger partial charge in [-0.3, -0.25) is 4.79 Å². The smallest absolute Gasteiger partial charge is 0.216 e. The number of alkyl halides is 1. The third kappa shape index (κ3) is 9.68. The van der Waals surface area contributed by atoms with E-state index >= 15 is 0 Å². The molecule has 0 saturated heterocycles. The van der Waals surface area contributed by atoms with Gasteiger partial charge in [0.15, 0.2) is 0 Å². The molecule has 1 N–H and O–H groups in total. The quantitative estimate of drug-likeness (QED) is 0.503. The van der Waals surface area contributed by atoms with Crippen molar-refractivity contribution in [2.75, 3.05) is 6.54 Å². The molecule has 0 aromatic rings. The van der Waals surface area contributed by atoms with Crippen molar-refractivity contribution >= 4 is 17.5 Å². The summed E-state index contributed by atoms with van der Waals surface area (Å²) in [4.78, 5) is 10.6. The Morgan fingerprint density at radius 1 is 1.38 bits per heavy atom. The highest BCUT2D eigenvalue weighted by atomic mass is 35.5. The molecule has 0 aliphatic heterocycles. The van der Waals surface area contributed by atoms with Gasteiger partial charge in [0, 0.05) is 13.5 Å². The van der Waals surface area contributed by atoms with E-state index in [-0.39, 0.29) is 11.3 Å². The fraction of sp³-hybridized carbons (Fsp3) is 0.900. The maximum Gasteiger partial charge on any atom is 0.216 e. The minimum Gasteiger partial charge on any atom is -0.355 e. The Labute approximate surface area is 86.0 Å². The van der Waals surface area contributed by atoms with Crippen molar-refractivity contribution in [2.45, 2.75) is 51.3 Å². The first-order chi connectivity index (χ1) is 6.16. The van der Waals surface area contributed by atoms with Gasteiger partial charge in [-0.1, -0.05) is 32.6 Å². The molecule has 0 heterocycles. The standard InChI is InChI=1S/C10H20ClNO/c1-3-4-5-6-7-10(11)8-12-9(2)13/h10H,3-8H2,1-2H3,(H,12,13). The lowest BCUT2D eigenvalue weighted by Gasteiger charge is -2.08. The van der Waals surface area contributed by atoms with E-state index in [9.17, 15) is 4.79 Å². The number of amides is 1. The molecule has 0 aliphatic carbocycles. The lowest BCUT2D eigenvalue weighted by Crippen LogP contribution is -2.27. The molecule has 0 radical (unpaired) electrons. The minimum atomic E-state index is -0.000733. The van der Waals surface area contributed by atoms with Crippen LogP contribution in [0.2, 0.25) is 0 Å². The maximum atomic E-state index is 10.6. The van der Waals surface area contributed by atoms with Gasteiger partial charge in [0.1, 0.15) is 0 Å². The summed E-state index contributed by atoms with van der Waals surface area (Å²) in [5.41, 5.74) is 0. The summed E-state index contributed by atoms with van der Waals surface area (Å²) < 4.78 is 0. The van der Waals surface area contributed by atoms with Crippen molar-refractivity contribution in [3.63, 3.8) is 0 Å². The van der Waals surface area contributed by atoms with Gasteiger partial charge in [-0.05, 0) is 6.42 Å². The second kappa shape index (κ2) is 8.36. The molecule has 0 fully saturated rings. The monoisotopic (exact) mass is 205 g/mol. The van der Waals surface area contributed by atoms with Crippen molar-refractivity contribution in [3.8, 4) is 0 Å². The highest BCUT2D eigenvalue weighted by molar-refractivity contribution is 6.20. The number of halogens is 1.